The molecule has 0 bridgehead atoms. The minimum absolute atomic E-state index is 0.101. The highest BCUT2D eigenvalue weighted by Gasteiger charge is 2.13. The van der Waals surface area contributed by atoms with Gasteiger partial charge in [-0.05, 0) is 29.2 Å². The number of nitrogens with one attached hydrogen (secondary N) is 1. The quantitative estimate of drug-likeness (QED) is 0.663. The lowest BCUT2D eigenvalue weighted by atomic mass is 9.87. The molecule has 0 amide bonds. The lowest BCUT2D eigenvalue weighted by Crippen LogP contribution is -2.13. The number of rotatable bonds is 3. The van der Waals surface area contributed by atoms with Gasteiger partial charge < -0.3 is 10.5 Å². The fraction of sp³-hybridized carbons (Fsp3) is 0.267. The average molecular weight is 270 g/mol. The molecule has 2 aromatic rings. The largest absolute Gasteiger partial charge is 0.424 e. The molecule has 1 aromatic carbocycles. The number of nitrogens with zero attached hydrogens (tertiary/aromatic N) is 2. The van der Waals surface area contributed by atoms with Crippen molar-refractivity contribution >= 4 is 5.84 Å². The normalized spacial score (nSPS) is 11.2. The topological polar surface area (TPSA) is 84.9 Å². The van der Waals surface area contributed by atoms with Gasteiger partial charge in [-0.15, -0.1) is 0 Å². The highest BCUT2D eigenvalue weighted by atomic mass is 16.5. The molecule has 1 heterocycles. The van der Waals surface area contributed by atoms with E-state index >= 15 is 0 Å². The molecule has 2 rings (SSSR count). The molecule has 104 valence electrons. The van der Waals surface area contributed by atoms with Crippen LogP contribution in [0.1, 0.15) is 32.0 Å². The predicted octanol–water partition coefficient (Wildman–Crippen LogP) is 2.85. The van der Waals surface area contributed by atoms with E-state index < -0.39 is 0 Å². The van der Waals surface area contributed by atoms with Gasteiger partial charge in [-0.3, -0.25) is 5.41 Å². The summed E-state index contributed by atoms with van der Waals surface area (Å²) in [6.07, 6.45) is 1.52. The molecule has 0 atom stereocenters. The average Bonchev–Trinajstić information content (AvgIpc) is 2.38. The Hall–Kier alpha value is -2.43. The number of aromatic nitrogens is 2. The third-order valence-electron chi connectivity index (χ3n) is 2.84. The van der Waals surface area contributed by atoms with E-state index in [0.29, 0.717) is 11.4 Å². The number of nitrogens with two attached hydrogens (primary N) is 1. The van der Waals surface area contributed by atoms with Crippen LogP contribution in [0, 0.1) is 5.41 Å². The molecule has 0 aliphatic heterocycles. The summed E-state index contributed by atoms with van der Waals surface area (Å²) < 4.78 is 5.56. The van der Waals surface area contributed by atoms with Crippen LogP contribution in [0.4, 0.5) is 0 Å². The summed E-state index contributed by atoms with van der Waals surface area (Å²) in [5.41, 5.74) is 7.06. The molecule has 0 aliphatic rings. The van der Waals surface area contributed by atoms with Gasteiger partial charge in [-0.25, -0.2) is 4.98 Å². The van der Waals surface area contributed by atoms with Crippen LogP contribution in [0.5, 0.6) is 11.8 Å². The molecule has 3 N–H and O–H groups in total. The van der Waals surface area contributed by atoms with Crippen molar-refractivity contribution in [1.82, 2.24) is 9.97 Å². The van der Waals surface area contributed by atoms with E-state index in [1.165, 1.54) is 11.8 Å². The zero-order valence-electron chi connectivity index (χ0n) is 11.8. The van der Waals surface area contributed by atoms with Gasteiger partial charge in [-0.1, -0.05) is 32.9 Å². The number of hydrogen-bond donors (Lipinski definition) is 2. The van der Waals surface area contributed by atoms with E-state index in [9.17, 15) is 0 Å². The molecule has 0 radical (unpaired) electrons. The molecule has 5 heteroatoms. The predicted molar refractivity (Wildman–Crippen MR) is 78.3 cm³/mol. The first kappa shape index (κ1) is 14.0. The summed E-state index contributed by atoms with van der Waals surface area (Å²) in [5.74, 6) is 0.541. The monoisotopic (exact) mass is 270 g/mol. The summed E-state index contributed by atoms with van der Waals surface area (Å²) in [4.78, 5) is 8.06. The molecule has 0 aliphatic carbocycles. The fourth-order valence-electron chi connectivity index (χ4n) is 1.67. The van der Waals surface area contributed by atoms with Crippen LogP contribution >= 0.6 is 0 Å². The van der Waals surface area contributed by atoms with Crippen LogP contribution in [-0.2, 0) is 5.41 Å². The third kappa shape index (κ3) is 3.32. The maximum absolute atomic E-state index is 7.34. The van der Waals surface area contributed by atoms with Crippen molar-refractivity contribution < 1.29 is 4.74 Å². The first-order valence-corrected chi connectivity index (χ1v) is 6.32. The molecule has 0 fully saturated rings. The molecule has 20 heavy (non-hydrogen) atoms. The Bertz CT molecular complexity index is 615. The van der Waals surface area contributed by atoms with Crippen LogP contribution in [0.2, 0.25) is 0 Å². The second-order valence-corrected chi connectivity index (χ2v) is 5.51. The number of hydrogen-bond acceptors (Lipinski definition) is 4. The molecule has 0 unspecified atom stereocenters. The fourth-order valence-corrected chi connectivity index (χ4v) is 1.67. The Labute approximate surface area is 118 Å². The maximum atomic E-state index is 7.34. The zero-order valence-corrected chi connectivity index (χ0v) is 11.8. The molecular formula is C15H18N4O. The van der Waals surface area contributed by atoms with E-state index in [4.69, 9.17) is 15.9 Å². The Morgan fingerprint density at radius 3 is 2.35 bits per heavy atom. The van der Waals surface area contributed by atoms with Gasteiger partial charge in [0.05, 0.1) is 0 Å². The first-order valence-electron chi connectivity index (χ1n) is 6.32. The second-order valence-electron chi connectivity index (χ2n) is 5.51. The van der Waals surface area contributed by atoms with Crippen LogP contribution < -0.4 is 10.5 Å². The highest BCUT2D eigenvalue weighted by Crippen LogP contribution is 2.25. The van der Waals surface area contributed by atoms with E-state index in [1.54, 1.807) is 6.07 Å². The number of ether oxygens (including phenoxy) is 1. The van der Waals surface area contributed by atoms with E-state index in [-0.39, 0.29) is 17.3 Å². The third-order valence-corrected chi connectivity index (χ3v) is 2.84. The molecule has 1 aromatic heterocycles. The lowest BCUT2D eigenvalue weighted by molar-refractivity contribution is 0.440. The molecule has 0 spiro atoms. The van der Waals surface area contributed by atoms with Gasteiger partial charge >= 0.3 is 6.01 Å². The van der Waals surface area contributed by atoms with Crippen LogP contribution in [0.15, 0.2) is 36.5 Å². The first-order chi connectivity index (χ1) is 9.36. The standard InChI is InChI=1S/C15H18N4O/c1-15(2,3)10-4-6-11(7-5-10)20-14-18-9-8-12(19-14)13(16)17/h4-9H,1-3H3,(H3,16,17). The van der Waals surface area contributed by atoms with E-state index in [2.05, 4.69) is 30.7 Å². The summed E-state index contributed by atoms with van der Waals surface area (Å²) in [6.45, 7) is 6.47. The smallest absolute Gasteiger partial charge is 0.322 e. The van der Waals surface area contributed by atoms with Crippen LogP contribution in [0.3, 0.4) is 0 Å². The van der Waals surface area contributed by atoms with Gasteiger partial charge in [0.15, 0.2) is 0 Å². The number of nitrogen functional groups attached to an aromatic ring is 1. The Morgan fingerprint density at radius 1 is 1.15 bits per heavy atom. The maximum Gasteiger partial charge on any atom is 0.322 e. The Kier molecular flexibility index (Phi) is 3.70. The van der Waals surface area contributed by atoms with Crippen molar-refractivity contribution in [3.8, 4) is 11.8 Å². The van der Waals surface area contributed by atoms with Gasteiger partial charge in [0, 0.05) is 6.20 Å². The van der Waals surface area contributed by atoms with Gasteiger partial charge in [0.2, 0.25) is 0 Å². The summed E-state index contributed by atoms with van der Waals surface area (Å²) in [6, 6.07) is 9.54. The Morgan fingerprint density at radius 2 is 1.80 bits per heavy atom. The van der Waals surface area contributed by atoms with E-state index in [1.807, 2.05) is 24.3 Å². The number of amidine groups is 1. The van der Waals surface area contributed by atoms with Crippen molar-refractivity contribution in [1.29, 1.82) is 5.41 Å². The van der Waals surface area contributed by atoms with Crippen molar-refractivity contribution in [2.75, 3.05) is 0 Å². The van der Waals surface area contributed by atoms with Gasteiger partial charge in [0.25, 0.3) is 0 Å². The van der Waals surface area contributed by atoms with Crippen molar-refractivity contribution in [2.45, 2.75) is 26.2 Å². The minimum Gasteiger partial charge on any atom is -0.424 e. The highest BCUT2D eigenvalue weighted by molar-refractivity contribution is 5.92. The molecule has 0 saturated heterocycles. The SMILES string of the molecule is CC(C)(C)c1ccc(Oc2nccc(C(=N)N)n2)cc1. The zero-order chi connectivity index (χ0) is 14.8. The summed E-state index contributed by atoms with van der Waals surface area (Å²) in [7, 11) is 0. The van der Waals surface area contributed by atoms with Crippen LogP contribution in [-0.4, -0.2) is 15.8 Å². The minimum atomic E-state index is -0.111. The summed E-state index contributed by atoms with van der Waals surface area (Å²) in [5, 5.41) is 7.34. The second kappa shape index (κ2) is 5.28. The van der Waals surface area contributed by atoms with E-state index in [0.717, 1.165) is 0 Å². The number of benzene rings is 1. The van der Waals surface area contributed by atoms with Gasteiger partial charge in [-0.2, -0.15) is 4.98 Å². The molecule has 5 nitrogen and oxygen atoms in total. The lowest BCUT2D eigenvalue weighted by Gasteiger charge is -2.18. The molecular weight excluding hydrogens is 252 g/mol. The van der Waals surface area contributed by atoms with Gasteiger partial charge in [0.1, 0.15) is 17.3 Å². The van der Waals surface area contributed by atoms with Crippen LogP contribution in [0.25, 0.3) is 0 Å². The van der Waals surface area contributed by atoms with Crippen molar-refractivity contribution in [3.63, 3.8) is 0 Å². The summed E-state index contributed by atoms with van der Waals surface area (Å²) >= 11 is 0. The Balaban J connectivity index is 2.18. The van der Waals surface area contributed by atoms with Crippen molar-refractivity contribution in [2.24, 2.45) is 5.73 Å². The van der Waals surface area contributed by atoms with Crippen molar-refractivity contribution in [3.05, 3.63) is 47.8 Å². The molecule has 0 saturated carbocycles.